The Hall–Kier alpha value is -2.58. The van der Waals surface area contributed by atoms with Crippen LogP contribution in [0.3, 0.4) is 0 Å². The van der Waals surface area contributed by atoms with E-state index < -0.39 is 23.2 Å². The van der Waals surface area contributed by atoms with Gasteiger partial charge >= 0.3 is 258 Å². The fourth-order valence-corrected chi connectivity index (χ4v) is 12.4. The molecule has 0 amide bonds. The minimum absolute atomic E-state index is 0. The summed E-state index contributed by atoms with van der Waals surface area (Å²) in [6.07, 6.45) is 5.07. The van der Waals surface area contributed by atoms with Gasteiger partial charge in [0.25, 0.3) is 0 Å². The summed E-state index contributed by atoms with van der Waals surface area (Å²) in [5.41, 5.74) is 14.3. The molecule has 43 heavy (non-hydrogen) atoms. The summed E-state index contributed by atoms with van der Waals surface area (Å²) in [6.45, 7) is 9.50. The van der Waals surface area contributed by atoms with E-state index in [1.54, 1.807) is 25.4 Å². The van der Waals surface area contributed by atoms with Crippen molar-refractivity contribution in [2.75, 3.05) is 14.2 Å². The second-order valence-electron chi connectivity index (χ2n) is 11.7. The SMILES string of the molecule is COc1ccc(-c2cccc3c2C=C(C(C)C)[CH]3[Zr+2][CH]2C(C(C)C)=Cc3c(-c4ccc(OC)cc4)cccc32)cc1.[Cl-].[Cl-]. The number of hydrogen-bond acceptors (Lipinski definition) is 2. The second kappa shape index (κ2) is 14.0. The predicted octanol–water partition coefficient (Wildman–Crippen LogP) is 4.02. The average Bonchev–Trinajstić information content (AvgIpc) is 3.56. The van der Waals surface area contributed by atoms with Crippen LogP contribution in [0.25, 0.3) is 34.4 Å². The molecule has 0 saturated heterocycles. The van der Waals surface area contributed by atoms with Gasteiger partial charge in [0.05, 0.1) is 0 Å². The average molecular weight is 689 g/mol. The number of hydrogen-bond donors (Lipinski definition) is 0. The van der Waals surface area contributed by atoms with Gasteiger partial charge in [0, 0.05) is 0 Å². The van der Waals surface area contributed by atoms with Crippen molar-refractivity contribution in [2.45, 2.75) is 34.9 Å². The topological polar surface area (TPSA) is 18.5 Å². The molecule has 2 aliphatic rings. The molecular weight excluding hydrogens is 651 g/mol. The quantitative estimate of drug-likeness (QED) is 0.279. The fourth-order valence-electron chi connectivity index (χ4n) is 6.43. The van der Waals surface area contributed by atoms with Crippen LogP contribution < -0.4 is 34.3 Å². The minimum Gasteiger partial charge on any atom is -1.00 e. The van der Waals surface area contributed by atoms with E-state index in [9.17, 15) is 0 Å². The summed E-state index contributed by atoms with van der Waals surface area (Å²) in [6, 6.07) is 31.0. The van der Waals surface area contributed by atoms with Crippen LogP contribution in [0.15, 0.2) is 96.1 Å². The molecule has 220 valence electrons. The third kappa shape index (κ3) is 6.33. The second-order valence-corrected chi connectivity index (χ2v) is 15.4. The van der Waals surface area contributed by atoms with E-state index in [1.807, 2.05) is 0 Å². The molecule has 0 radical (unpaired) electrons. The van der Waals surface area contributed by atoms with E-state index >= 15 is 0 Å². The van der Waals surface area contributed by atoms with Crippen molar-refractivity contribution >= 4 is 12.2 Å². The van der Waals surface area contributed by atoms with Gasteiger partial charge in [-0.3, -0.25) is 0 Å². The molecule has 0 saturated carbocycles. The van der Waals surface area contributed by atoms with Gasteiger partial charge in [-0.05, 0) is 0 Å². The van der Waals surface area contributed by atoms with E-state index in [-0.39, 0.29) is 24.8 Å². The van der Waals surface area contributed by atoms with Gasteiger partial charge in [0.15, 0.2) is 0 Å². The van der Waals surface area contributed by atoms with Gasteiger partial charge in [-0.25, -0.2) is 0 Å². The van der Waals surface area contributed by atoms with Crippen LogP contribution >= 0.6 is 0 Å². The van der Waals surface area contributed by atoms with Crippen LogP contribution in [-0.4, -0.2) is 14.2 Å². The Morgan fingerprint density at radius 2 is 0.907 bits per heavy atom. The molecule has 6 rings (SSSR count). The van der Waals surface area contributed by atoms with Gasteiger partial charge in [-0.1, -0.05) is 0 Å². The first-order valence-corrected chi connectivity index (χ1v) is 17.5. The van der Waals surface area contributed by atoms with E-state index in [1.165, 1.54) is 44.5 Å². The zero-order chi connectivity index (χ0) is 28.7. The Kier molecular flexibility index (Phi) is 10.9. The molecule has 0 heterocycles. The van der Waals surface area contributed by atoms with E-state index in [0.717, 1.165) is 11.5 Å². The maximum absolute atomic E-state index is 5.43. The molecule has 0 aromatic heterocycles. The molecule has 2 nitrogen and oxygen atoms in total. The summed E-state index contributed by atoms with van der Waals surface area (Å²) >= 11 is -1.01. The number of fused-ring (bicyclic) bond motifs is 2. The Balaban J connectivity index is 0.00000212. The third-order valence-electron chi connectivity index (χ3n) is 8.66. The van der Waals surface area contributed by atoms with E-state index in [0.29, 0.717) is 19.1 Å². The van der Waals surface area contributed by atoms with Gasteiger partial charge in [-0.15, -0.1) is 0 Å². The smallest absolute Gasteiger partial charge is 1.00 e. The number of ether oxygens (including phenoxy) is 2. The fraction of sp³-hybridized carbons (Fsp3) is 0.263. The van der Waals surface area contributed by atoms with Crippen LogP contribution in [0.5, 0.6) is 11.5 Å². The van der Waals surface area contributed by atoms with Gasteiger partial charge in [0.2, 0.25) is 0 Å². The van der Waals surface area contributed by atoms with Crippen molar-refractivity contribution in [2.24, 2.45) is 11.8 Å². The minimum atomic E-state index is -1.01. The van der Waals surface area contributed by atoms with Crippen LogP contribution in [-0.2, 0) is 23.2 Å². The molecule has 5 heteroatoms. The standard InChI is InChI=1S/2C19H19O.2ClH.Zr/c2*1-13(2)16-11-15-5-4-6-18(19(15)12-16)14-7-9-17(20-3)10-8-14;;;/h2*4-13H,1-3H3;2*1H;/q;;;;+2/p-2. The zero-order valence-electron chi connectivity index (χ0n) is 25.6. The number of benzene rings is 4. The first-order chi connectivity index (χ1) is 19.9. The van der Waals surface area contributed by atoms with Gasteiger partial charge < -0.3 is 24.8 Å². The normalized spacial score (nSPS) is 16.4. The van der Waals surface area contributed by atoms with Crippen molar-refractivity contribution in [1.29, 1.82) is 0 Å². The predicted molar refractivity (Wildman–Crippen MR) is 168 cm³/mol. The third-order valence-corrected chi connectivity index (χ3v) is 13.5. The molecule has 0 aliphatic heterocycles. The maximum Gasteiger partial charge on any atom is -1.00 e. The van der Waals surface area contributed by atoms with Crippen molar-refractivity contribution in [3.8, 4) is 33.8 Å². The molecule has 4 aromatic carbocycles. The monoisotopic (exact) mass is 686 g/mol. The summed E-state index contributed by atoms with van der Waals surface area (Å²) < 4.78 is 12.0. The molecule has 0 spiro atoms. The van der Waals surface area contributed by atoms with Crippen molar-refractivity contribution in [3.05, 3.63) is 118 Å². The molecular formula is C38H38Cl2O2Zr. The maximum atomic E-state index is 5.43. The van der Waals surface area contributed by atoms with Crippen molar-refractivity contribution < 1.29 is 57.5 Å². The van der Waals surface area contributed by atoms with Crippen molar-refractivity contribution in [3.63, 3.8) is 0 Å². The molecule has 4 aromatic rings. The Bertz CT molecular complexity index is 1510. The van der Waals surface area contributed by atoms with E-state index in [4.69, 9.17) is 9.47 Å². The first-order valence-electron chi connectivity index (χ1n) is 14.6. The molecule has 0 bridgehead atoms. The zero-order valence-corrected chi connectivity index (χ0v) is 29.6. The molecule has 2 aliphatic carbocycles. The number of allylic oxidation sites excluding steroid dienone is 2. The van der Waals surface area contributed by atoms with Crippen molar-refractivity contribution in [1.82, 2.24) is 0 Å². The summed E-state index contributed by atoms with van der Waals surface area (Å²) in [5.74, 6) is 2.84. The molecule has 0 fully saturated rings. The number of rotatable bonds is 8. The number of halogens is 2. The number of methoxy groups -OCH3 is 2. The molecule has 0 N–H and O–H groups in total. The Morgan fingerprint density at radius 3 is 1.23 bits per heavy atom. The first kappa shape index (κ1) is 33.3. The van der Waals surface area contributed by atoms with Crippen LogP contribution in [0.1, 0.15) is 57.2 Å². The van der Waals surface area contributed by atoms with E-state index in [2.05, 4.69) is 125 Å². The molecule has 2 atom stereocenters. The van der Waals surface area contributed by atoms with Crippen LogP contribution in [0, 0.1) is 11.8 Å². The Morgan fingerprint density at radius 1 is 0.535 bits per heavy atom. The largest absolute Gasteiger partial charge is 1.00 e. The Labute approximate surface area is 281 Å². The van der Waals surface area contributed by atoms with Crippen LogP contribution in [0.4, 0.5) is 0 Å². The van der Waals surface area contributed by atoms with Crippen LogP contribution in [0.2, 0.25) is 0 Å². The summed E-state index contributed by atoms with van der Waals surface area (Å²) in [5, 5.41) is 0. The van der Waals surface area contributed by atoms with Gasteiger partial charge in [0.1, 0.15) is 0 Å². The summed E-state index contributed by atoms with van der Waals surface area (Å²) in [7, 11) is 3.45. The summed E-state index contributed by atoms with van der Waals surface area (Å²) in [4.78, 5) is 0. The molecule has 2 unspecified atom stereocenters. The van der Waals surface area contributed by atoms with Gasteiger partial charge in [-0.2, -0.15) is 0 Å².